The van der Waals surface area contributed by atoms with E-state index in [0.29, 0.717) is 0 Å². The number of aromatic nitrogens is 3. The van der Waals surface area contributed by atoms with Crippen LogP contribution in [0.2, 0.25) is 0 Å². The van der Waals surface area contributed by atoms with E-state index in [4.69, 9.17) is 0 Å². The van der Waals surface area contributed by atoms with E-state index in [2.05, 4.69) is 37.7 Å². The molecule has 1 saturated heterocycles. The van der Waals surface area contributed by atoms with Crippen molar-refractivity contribution in [2.24, 2.45) is 0 Å². The molecule has 5 nitrogen and oxygen atoms in total. The Morgan fingerprint density at radius 1 is 1.00 bits per heavy atom. The maximum atomic E-state index is 13.1. The van der Waals surface area contributed by atoms with Crippen LogP contribution in [0.4, 0.5) is 10.2 Å². The molecule has 4 rings (SSSR count). The van der Waals surface area contributed by atoms with Crippen molar-refractivity contribution in [1.82, 2.24) is 19.9 Å². The average Bonchev–Trinajstić information content (AvgIpc) is 3.19. The second kappa shape index (κ2) is 7.25. The number of anilines is 1. The summed E-state index contributed by atoms with van der Waals surface area (Å²) < 4.78 is 13.1. The lowest BCUT2D eigenvalue weighted by molar-refractivity contribution is 0.270. The monoisotopic (exact) mass is 351 g/mol. The van der Waals surface area contributed by atoms with Gasteiger partial charge in [0.1, 0.15) is 17.5 Å². The van der Waals surface area contributed by atoms with Crippen molar-refractivity contribution >= 4 is 5.82 Å². The third kappa shape index (κ3) is 3.46. The van der Waals surface area contributed by atoms with Crippen LogP contribution >= 0.6 is 0 Å². The zero-order chi connectivity index (χ0) is 17.9. The topological polar surface area (TPSA) is 48.0 Å². The van der Waals surface area contributed by atoms with Gasteiger partial charge in [0.15, 0.2) is 0 Å². The van der Waals surface area contributed by atoms with Crippen molar-refractivity contribution in [3.8, 4) is 22.6 Å². The molecular weight excluding hydrogens is 329 g/mol. The number of hydrogen-bond acceptors (Lipinski definition) is 4. The maximum absolute atomic E-state index is 13.1. The molecule has 6 heteroatoms. The van der Waals surface area contributed by atoms with Crippen LogP contribution in [0.25, 0.3) is 22.6 Å². The molecule has 0 aliphatic carbocycles. The lowest BCUT2D eigenvalue weighted by Gasteiger charge is -2.34. The molecule has 0 radical (unpaired) electrons. The number of rotatable bonds is 4. The number of likely N-dealkylation sites (N-methyl/N-ethyl adjacent to an activating group) is 1. The number of imidazole rings is 1. The summed E-state index contributed by atoms with van der Waals surface area (Å²) in [6, 6.07) is 10.4. The normalized spacial score (nSPS) is 15.4. The molecule has 1 fully saturated rings. The van der Waals surface area contributed by atoms with Crippen LogP contribution in [-0.4, -0.2) is 52.6 Å². The minimum absolute atomic E-state index is 0.240. The van der Waals surface area contributed by atoms with Crippen LogP contribution in [0.5, 0.6) is 0 Å². The van der Waals surface area contributed by atoms with Crippen molar-refractivity contribution in [2.45, 2.75) is 6.92 Å². The molecule has 0 atom stereocenters. The Balaban J connectivity index is 1.54. The Bertz CT molecular complexity index is 866. The van der Waals surface area contributed by atoms with Gasteiger partial charge in [0.2, 0.25) is 0 Å². The lowest BCUT2D eigenvalue weighted by Crippen LogP contribution is -2.46. The molecule has 0 bridgehead atoms. The van der Waals surface area contributed by atoms with E-state index in [-0.39, 0.29) is 5.82 Å². The van der Waals surface area contributed by atoms with Crippen LogP contribution in [-0.2, 0) is 0 Å². The molecule has 3 heterocycles. The number of H-pyrrole nitrogens is 1. The van der Waals surface area contributed by atoms with Gasteiger partial charge in [-0.05, 0) is 48.5 Å². The smallest absolute Gasteiger partial charge is 0.137 e. The van der Waals surface area contributed by atoms with E-state index in [1.807, 2.05) is 12.3 Å². The Morgan fingerprint density at radius 3 is 2.50 bits per heavy atom. The zero-order valence-electron chi connectivity index (χ0n) is 14.8. The first-order chi connectivity index (χ1) is 12.7. The van der Waals surface area contributed by atoms with Gasteiger partial charge in [-0.15, -0.1) is 0 Å². The Kier molecular flexibility index (Phi) is 4.67. The first-order valence-corrected chi connectivity index (χ1v) is 8.97. The van der Waals surface area contributed by atoms with Crippen molar-refractivity contribution in [1.29, 1.82) is 0 Å². The number of nitrogens with one attached hydrogen (secondary N) is 1. The third-order valence-electron chi connectivity index (χ3n) is 4.89. The average molecular weight is 351 g/mol. The molecule has 1 N–H and O–H groups in total. The Hall–Kier alpha value is -2.73. The van der Waals surface area contributed by atoms with Gasteiger partial charge in [-0.25, -0.2) is 14.4 Å². The molecule has 26 heavy (non-hydrogen) atoms. The molecule has 1 aliphatic heterocycles. The minimum atomic E-state index is -0.240. The number of halogens is 1. The lowest BCUT2D eigenvalue weighted by atomic mass is 10.2. The van der Waals surface area contributed by atoms with E-state index < -0.39 is 0 Å². The summed E-state index contributed by atoms with van der Waals surface area (Å²) in [6.07, 6.45) is 3.61. The highest BCUT2D eigenvalue weighted by Gasteiger charge is 2.17. The maximum Gasteiger partial charge on any atom is 0.137 e. The van der Waals surface area contributed by atoms with E-state index in [1.165, 1.54) is 12.1 Å². The van der Waals surface area contributed by atoms with Crippen molar-refractivity contribution < 1.29 is 4.39 Å². The van der Waals surface area contributed by atoms with E-state index in [9.17, 15) is 4.39 Å². The van der Waals surface area contributed by atoms with Gasteiger partial charge in [0, 0.05) is 37.9 Å². The standard InChI is InChI=1S/C20H22FN5/c1-2-25-9-11-26(12-10-25)19-13-16(7-8-22-19)20-23-14-18(24-20)15-3-5-17(21)6-4-15/h3-8,13-14H,2,9-12H2,1H3,(H,23,24). The highest BCUT2D eigenvalue weighted by Crippen LogP contribution is 2.25. The van der Waals surface area contributed by atoms with Gasteiger partial charge in [-0.2, -0.15) is 0 Å². The second-order valence-electron chi connectivity index (χ2n) is 6.48. The molecule has 134 valence electrons. The first-order valence-electron chi connectivity index (χ1n) is 8.97. The number of piperazine rings is 1. The molecule has 0 amide bonds. The fourth-order valence-electron chi connectivity index (χ4n) is 3.28. The fourth-order valence-corrected chi connectivity index (χ4v) is 3.28. The molecule has 0 spiro atoms. The number of benzene rings is 1. The summed E-state index contributed by atoms with van der Waals surface area (Å²) in [6.45, 7) is 7.41. The predicted octanol–water partition coefficient (Wildman–Crippen LogP) is 3.42. The summed E-state index contributed by atoms with van der Waals surface area (Å²) >= 11 is 0. The molecule has 1 aliphatic rings. The highest BCUT2D eigenvalue weighted by atomic mass is 19.1. The van der Waals surface area contributed by atoms with Gasteiger partial charge in [-0.3, -0.25) is 0 Å². The van der Waals surface area contributed by atoms with Crippen LogP contribution in [0.1, 0.15) is 6.92 Å². The van der Waals surface area contributed by atoms with E-state index >= 15 is 0 Å². The van der Waals surface area contributed by atoms with Crippen molar-refractivity contribution in [3.63, 3.8) is 0 Å². The SMILES string of the molecule is CCN1CCN(c2cc(-c3ncc(-c4ccc(F)cc4)[nH]3)ccn2)CC1. The molecule has 0 unspecified atom stereocenters. The summed E-state index contributed by atoms with van der Waals surface area (Å²) in [5.74, 6) is 1.54. The zero-order valence-corrected chi connectivity index (χ0v) is 14.8. The second-order valence-corrected chi connectivity index (χ2v) is 6.48. The van der Waals surface area contributed by atoms with Crippen LogP contribution in [0.15, 0.2) is 48.8 Å². The largest absolute Gasteiger partial charge is 0.354 e. The van der Waals surface area contributed by atoms with Crippen LogP contribution in [0, 0.1) is 5.82 Å². The quantitative estimate of drug-likeness (QED) is 0.782. The van der Waals surface area contributed by atoms with Crippen molar-refractivity contribution in [2.75, 3.05) is 37.6 Å². The molecule has 0 saturated carbocycles. The molecular formula is C20H22FN5. The van der Waals surface area contributed by atoms with E-state index in [0.717, 1.165) is 61.2 Å². The van der Waals surface area contributed by atoms with Gasteiger partial charge in [0.05, 0.1) is 11.9 Å². The van der Waals surface area contributed by atoms with Crippen LogP contribution in [0.3, 0.4) is 0 Å². The fraction of sp³-hybridized carbons (Fsp3) is 0.300. The number of nitrogens with zero attached hydrogens (tertiary/aromatic N) is 4. The summed E-state index contributed by atoms with van der Waals surface area (Å²) in [4.78, 5) is 17.1. The third-order valence-corrected chi connectivity index (χ3v) is 4.89. The van der Waals surface area contributed by atoms with Gasteiger partial charge in [-0.1, -0.05) is 6.92 Å². The Labute approximate surface area is 152 Å². The summed E-state index contributed by atoms with van der Waals surface area (Å²) in [5, 5.41) is 0. The van der Waals surface area contributed by atoms with Gasteiger partial charge < -0.3 is 14.8 Å². The number of hydrogen-bond donors (Lipinski definition) is 1. The Morgan fingerprint density at radius 2 is 1.77 bits per heavy atom. The summed E-state index contributed by atoms with van der Waals surface area (Å²) in [7, 11) is 0. The highest BCUT2D eigenvalue weighted by molar-refractivity contribution is 5.66. The minimum Gasteiger partial charge on any atom is -0.354 e. The number of pyridine rings is 1. The first kappa shape index (κ1) is 16.7. The predicted molar refractivity (Wildman–Crippen MR) is 102 cm³/mol. The molecule has 3 aromatic rings. The van der Waals surface area contributed by atoms with Gasteiger partial charge in [0.25, 0.3) is 0 Å². The molecule has 1 aromatic carbocycles. The summed E-state index contributed by atoms with van der Waals surface area (Å²) in [5.41, 5.74) is 2.78. The molecule has 2 aromatic heterocycles. The van der Waals surface area contributed by atoms with E-state index in [1.54, 1.807) is 18.3 Å². The van der Waals surface area contributed by atoms with Crippen molar-refractivity contribution in [3.05, 3.63) is 54.6 Å². The number of aromatic amines is 1. The van der Waals surface area contributed by atoms with Crippen LogP contribution < -0.4 is 4.90 Å². The van der Waals surface area contributed by atoms with Gasteiger partial charge >= 0.3 is 0 Å².